The largest absolute Gasteiger partial charge is 0.438 e. The standard InChI is InChI=1S/C16H19BrN2O/c1-9(2)12-6-5-10(3)7-14(12)20-16-15(17)11(4)13(18)8-19-16/h5-9H,18H2,1-4H3. The lowest BCUT2D eigenvalue weighted by Crippen LogP contribution is -1.99. The number of nitrogens with zero attached hydrogens (tertiary/aromatic N) is 1. The molecule has 1 aromatic heterocycles. The van der Waals surface area contributed by atoms with Crippen molar-refractivity contribution in [2.75, 3.05) is 5.73 Å². The molecule has 0 amide bonds. The number of hydrogen-bond donors (Lipinski definition) is 1. The highest BCUT2D eigenvalue weighted by Gasteiger charge is 2.13. The average Bonchev–Trinajstić information content (AvgIpc) is 2.39. The van der Waals surface area contributed by atoms with Crippen molar-refractivity contribution >= 4 is 21.6 Å². The number of pyridine rings is 1. The van der Waals surface area contributed by atoms with Crippen LogP contribution < -0.4 is 10.5 Å². The summed E-state index contributed by atoms with van der Waals surface area (Å²) >= 11 is 3.50. The van der Waals surface area contributed by atoms with Crippen molar-refractivity contribution in [2.24, 2.45) is 0 Å². The van der Waals surface area contributed by atoms with Gasteiger partial charge in [-0.25, -0.2) is 4.98 Å². The molecule has 1 heterocycles. The van der Waals surface area contributed by atoms with Gasteiger partial charge in [0.25, 0.3) is 0 Å². The first-order valence-corrected chi connectivity index (χ1v) is 7.38. The van der Waals surface area contributed by atoms with Crippen molar-refractivity contribution in [1.82, 2.24) is 4.98 Å². The van der Waals surface area contributed by atoms with Crippen LogP contribution in [0.25, 0.3) is 0 Å². The highest BCUT2D eigenvalue weighted by atomic mass is 79.9. The summed E-state index contributed by atoms with van der Waals surface area (Å²) in [7, 11) is 0. The maximum Gasteiger partial charge on any atom is 0.234 e. The molecule has 0 unspecified atom stereocenters. The third-order valence-electron chi connectivity index (χ3n) is 3.27. The Kier molecular flexibility index (Phi) is 4.33. The number of anilines is 1. The Balaban J connectivity index is 2.45. The van der Waals surface area contributed by atoms with Gasteiger partial charge in [0, 0.05) is 0 Å². The predicted molar refractivity (Wildman–Crippen MR) is 86.4 cm³/mol. The Hall–Kier alpha value is -1.55. The van der Waals surface area contributed by atoms with Crippen LogP contribution in [0, 0.1) is 13.8 Å². The van der Waals surface area contributed by atoms with E-state index in [0.717, 1.165) is 21.3 Å². The van der Waals surface area contributed by atoms with Gasteiger partial charge in [0.15, 0.2) is 0 Å². The SMILES string of the molecule is Cc1ccc(C(C)C)c(Oc2ncc(N)c(C)c2Br)c1. The Morgan fingerprint density at radius 3 is 2.60 bits per heavy atom. The zero-order valence-corrected chi connectivity index (χ0v) is 13.8. The number of benzene rings is 1. The molecule has 0 radical (unpaired) electrons. The third kappa shape index (κ3) is 2.96. The van der Waals surface area contributed by atoms with E-state index >= 15 is 0 Å². The predicted octanol–water partition coefficient (Wildman–Crippen LogP) is 4.96. The van der Waals surface area contributed by atoms with Gasteiger partial charge < -0.3 is 10.5 Å². The summed E-state index contributed by atoms with van der Waals surface area (Å²) in [5.41, 5.74) is 9.75. The van der Waals surface area contributed by atoms with E-state index in [0.29, 0.717) is 17.5 Å². The molecule has 0 aliphatic heterocycles. The van der Waals surface area contributed by atoms with Gasteiger partial charge in [-0.2, -0.15) is 0 Å². The van der Waals surface area contributed by atoms with Crippen LogP contribution in [-0.4, -0.2) is 4.98 Å². The molecule has 0 atom stereocenters. The van der Waals surface area contributed by atoms with Gasteiger partial charge in [0.2, 0.25) is 5.88 Å². The van der Waals surface area contributed by atoms with Gasteiger partial charge in [-0.3, -0.25) is 0 Å². The van der Waals surface area contributed by atoms with Crippen molar-refractivity contribution in [3.8, 4) is 11.6 Å². The number of hydrogen-bond acceptors (Lipinski definition) is 3. The number of nitrogens with two attached hydrogens (primary N) is 1. The fraction of sp³-hybridized carbons (Fsp3) is 0.312. The molecule has 0 saturated heterocycles. The van der Waals surface area contributed by atoms with Crippen LogP contribution in [0.4, 0.5) is 5.69 Å². The van der Waals surface area contributed by atoms with Crippen molar-refractivity contribution in [3.05, 3.63) is 45.6 Å². The molecule has 0 saturated carbocycles. The van der Waals surface area contributed by atoms with E-state index in [9.17, 15) is 0 Å². The molecule has 106 valence electrons. The van der Waals surface area contributed by atoms with Crippen LogP contribution >= 0.6 is 15.9 Å². The van der Waals surface area contributed by atoms with Crippen LogP contribution in [0.5, 0.6) is 11.6 Å². The first-order chi connectivity index (χ1) is 9.40. The summed E-state index contributed by atoms with van der Waals surface area (Å²) in [5, 5.41) is 0. The quantitative estimate of drug-likeness (QED) is 0.862. The molecule has 0 fully saturated rings. The number of aryl methyl sites for hydroxylation is 1. The third-order valence-corrected chi connectivity index (χ3v) is 4.20. The molecule has 0 aliphatic rings. The van der Waals surface area contributed by atoms with Gasteiger partial charge in [0.05, 0.1) is 16.4 Å². The van der Waals surface area contributed by atoms with Gasteiger partial charge in [-0.15, -0.1) is 0 Å². The molecule has 2 rings (SSSR count). The topological polar surface area (TPSA) is 48.1 Å². The van der Waals surface area contributed by atoms with Gasteiger partial charge in [0.1, 0.15) is 5.75 Å². The van der Waals surface area contributed by atoms with E-state index in [2.05, 4.69) is 46.9 Å². The lowest BCUT2D eigenvalue weighted by atomic mass is 10.0. The summed E-state index contributed by atoms with van der Waals surface area (Å²) in [6.45, 7) is 8.28. The number of halogens is 1. The fourth-order valence-corrected chi connectivity index (χ4v) is 2.36. The number of rotatable bonds is 3. The van der Waals surface area contributed by atoms with Gasteiger partial charge in [-0.1, -0.05) is 26.0 Å². The zero-order chi connectivity index (χ0) is 14.9. The molecule has 4 heteroatoms. The maximum absolute atomic E-state index is 6.00. The molecule has 3 nitrogen and oxygen atoms in total. The van der Waals surface area contributed by atoms with E-state index in [1.165, 1.54) is 5.56 Å². The second kappa shape index (κ2) is 5.83. The van der Waals surface area contributed by atoms with Gasteiger partial charge in [-0.05, 0) is 58.5 Å². The minimum Gasteiger partial charge on any atom is -0.438 e. The lowest BCUT2D eigenvalue weighted by molar-refractivity contribution is 0.450. The normalized spacial score (nSPS) is 10.9. The summed E-state index contributed by atoms with van der Waals surface area (Å²) in [6.07, 6.45) is 1.63. The minimum absolute atomic E-state index is 0.388. The molecule has 1 aromatic carbocycles. The second-order valence-electron chi connectivity index (χ2n) is 5.26. The van der Waals surface area contributed by atoms with E-state index in [1.807, 2.05) is 19.9 Å². The Morgan fingerprint density at radius 1 is 1.25 bits per heavy atom. The zero-order valence-electron chi connectivity index (χ0n) is 12.2. The van der Waals surface area contributed by atoms with E-state index in [4.69, 9.17) is 10.5 Å². The molecule has 0 spiro atoms. The van der Waals surface area contributed by atoms with Crippen LogP contribution in [0.15, 0.2) is 28.9 Å². The second-order valence-corrected chi connectivity index (χ2v) is 6.05. The van der Waals surface area contributed by atoms with Crippen LogP contribution in [0.2, 0.25) is 0 Å². The summed E-state index contributed by atoms with van der Waals surface area (Å²) in [5.74, 6) is 1.78. The maximum atomic E-state index is 6.00. The molecule has 2 aromatic rings. The van der Waals surface area contributed by atoms with E-state index in [1.54, 1.807) is 6.20 Å². The summed E-state index contributed by atoms with van der Waals surface area (Å²) < 4.78 is 6.80. The first kappa shape index (κ1) is 14.9. The number of aromatic nitrogens is 1. The monoisotopic (exact) mass is 334 g/mol. The molecule has 20 heavy (non-hydrogen) atoms. The Bertz CT molecular complexity index is 639. The van der Waals surface area contributed by atoms with Gasteiger partial charge >= 0.3 is 0 Å². The molecule has 0 bridgehead atoms. The van der Waals surface area contributed by atoms with Crippen LogP contribution in [-0.2, 0) is 0 Å². The van der Waals surface area contributed by atoms with Crippen molar-refractivity contribution < 1.29 is 4.74 Å². The van der Waals surface area contributed by atoms with E-state index < -0.39 is 0 Å². The summed E-state index contributed by atoms with van der Waals surface area (Å²) in [6, 6.07) is 6.24. The van der Waals surface area contributed by atoms with Crippen molar-refractivity contribution in [1.29, 1.82) is 0 Å². The lowest BCUT2D eigenvalue weighted by Gasteiger charge is -2.15. The smallest absolute Gasteiger partial charge is 0.234 e. The molecule has 0 aliphatic carbocycles. The highest BCUT2D eigenvalue weighted by Crippen LogP contribution is 2.36. The average molecular weight is 335 g/mol. The first-order valence-electron chi connectivity index (χ1n) is 6.59. The fourth-order valence-electron chi connectivity index (χ4n) is 1.95. The number of ether oxygens (including phenoxy) is 1. The van der Waals surface area contributed by atoms with Crippen LogP contribution in [0.1, 0.15) is 36.5 Å². The molecule has 2 N–H and O–H groups in total. The molecular weight excluding hydrogens is 316 g/mol. The van der Waals surface area contributed by atoms with Crippen molar-refractivity contribution in [2.45, 2.75) is 33.6 Å². The van der Waals surface area contributed by atoms with E-state index in [-0.39, 0.29) is 0 Å². The number of nitrogen functional groups attached to an aromatic ring is 1. The molecular formula is C16H19BrN2O. The Labute approximate surface area is 128 Å². The highest BCUT2D eigenvalue weighted by molar-refractivity contribution is 9.10. The van der Waals surface area contributed by atoms with Crippen LogP contribution in [0.3, 0.4) is 0 Å². The van der Waals surface area contributed by atoms with Crippen molar-refractivity contribution in [3.63, 3.8) is 0 Å². The Morgan fingerprint density at radius 2 is 1.95 bits per heavy atom. The summed E-state index contributed by atoms with van der Waals surface area (Å²) in [4.78, 5) is 4.27. The minimum atomic E-state index is 0.388.